The van der Waals surface area contributed by atoms with Gasteiger partial charge in [-0.15, -0.1) is 4.37 Å². The van der Waals surface area contributed by atoms with Crippen LogP contribution in [-0.4, -0.2) is 66.9 Å². The first-order valence-corrected chi connectivity index (χ1v) is 10.4. The lowest BCUT2D eigenvalue weighted by Crippen LogP contribution is -2.36. The third-order valence-corrected chi connectivity index (χ3v) is 5.02. The van der Waals surface area contributed by atoms with Crippen molar-refractivity contribution >= 4 is 35.4 Å². The summed E-state index contributed by atoms with van der Waals surface area (Å²) in [5, 5.41) is 3.99. The van der Waals surface area contributed by atoms with Crippen LogP contribution < -0.4 is 20.0 Å². The van der Waals surface area contributed by atoms with Crippen LogP contribution in [0.25, 0.3) is 0 Å². The topological polar surface area (TPSA) is 92.2 Å². The third-order valence-electron chi connectivity index (χ3n) is 4.52. The summed E-state index contributed by atoms with van der Waals surface area (Å²) in [4.78, 5) is 16.3. The van der Waals surface area contributed by atoms with Crippen LogP contribution in [0.15, 0.2) is 29.4 Å². The molecule has 10 heteroatoms. The largest absolute Gasteiger partial charge is 0.464 e. The van der Waals surface area contributed by atoms with E-state index in [1.165, 1.54) is 0 Å². The summed E-state index contributed by atoms with van der Waals surface area (Å²) in [5.41, 5.74) is 4.54. The summed E-state index contributed by atoms with van der Waals surface area (Å²) in [5.74, 6) is 0.660. The molecule has 1 amide bonds. The minimum atomic E-state index is -0.359. The number of carbonyl (C=O) groups is 1. The Bertz CT molecular complexity index is 801. The molecule has 0 saturated carbocycles. The number of morpholine rings is 1. The van der Waals surface area contributed by atoms with Gasteiger partial charge in [0.05, 0.1) is 31.2 Å². The molecule has 2 aromatic rings. The van der Waals surface area contributed by atoms with Gasteiger partial charge in [-0.05, 0) is 31.5 Å². The molecular formula is C19H26N6O3S. The molecule has 0 unspecified atom stereocenters. The van der Waals surface area contributed by atoms with Crippen LogP contribution in [0.1, 0.15) is 19.4 Å². The van der Waals surface area contributed by atoms with Crippen molar-refractivity contribution < 1.29 is 14.3 Å². The number of nitrogens with one attached hydrogen (secondary N) is 1. The van der Waals surface area contributed by atoms with E-state index in [-0.39, 0.29) is 12.5 Å². The first kappa shape index (κ1) is 21.0. The van der Waals surface area contributed by atoms with Crippen LogP contribution in [0.5, 0.6) is 5.88 Å². The molecule has 1 N–H and O–H groups in total. The van der Waals surface area contributed by atoms with Gasteiger partial charge in [0.1, 0.15) is 0 Å². The molecule has 0 bridgehead atoms. The van der Waals surface area contributed by atoms with E-state index in [0.29, 0.717) is 24.9 Å². The second-order valence-corrected chi connectivity index (χ2v) is 6.87. The summed E-state index contributed by atoms with van der Waals surface area (Å²) in [7, 11) is 0. The van der Waals surface area contributed by atoms with Crippen molar-refractivity contribution in [1.29, 1.82) is 0 Å². The van der Waals surface area contributed by atoms with Gasteiger partial charge in [0.25, 0.3) is 11.8 Å². The number of rotatable bonds is 9. The summed E-state index contributed by atoms with van der Waals surface area (Å²) in [6.07, 6.45) is 1.60. The maximum Gasteiger partial charge on any atom is 0.278 e. The molecule has 1 aliphatic heterocycles. The number of hydrogen-bond donors (Lipinski definition) is 1. The van der Waals surface area contributed by atoms with Crippen molar-refractivity contribution in [3.63, 3.8) is 0 Å². The molecule has 1 saturated heterocycles. The minimum Gasteiger partial charge on any atom is -0.464 e. The van der Waals surface area contributed by atoms with Gasteiger partial charge in [-0.2, -0.15) is 9.47 Å². The van der Waals surface area contributed by atoms with Crippen LogP contribution in [-0.2, 0) is 9.53 Å². The molecule has 1 fully saturated rings. The van der Waals surface area contributed by atoms with Gasteiger partial charge < -0.3 is 19.3 Å². The number of aromatic nitrogens is 2. The fraction of sp³-hybridized carbons (Fsp3) is 0.474. The highest BCUT2D eigenvalue weighted by Crippen LogP contribution is 2.26. The monoisotopic (exact) mass is 418 g/mol. The standard InChI is InChI=1S/C19H26N6O3S/c1-3-24(4-2)16-7-5-15(6-8-16)13-20-21-17(26)14-28-19-18(22-29-23-19)25-9-11-27-12-10-25/h5-8,13H,3-4,9-12,14H2,1-2H3,(H,21,26). The Labute approximate surface area is 174 Å². The van der Waals surface area contributed by atoms with Gasteiger partial charge in [-0.1, -0.05) is 12.1 Å². The van der Waals surface area contributed by atoms with Gasteiger partial charge in [-0.25, -0.2) is 5.43 Å². The van der Waals surface area contributed by atoms with E-state index < -0.39 is 0 Å². The lowest BCUT2D eigenvalue weighted by Gasteiger charge is -2.26. The normalized spacial score (nSPS) is 14.2. The highest BCUT2D eigenvalue weighted by molar-refractivity contribution is 6.99. The number of benzene rings is 1. The fourth-order valence-electron chi connectivity index (χ4n) is 2.94. The van der Waals surface area contributed by atoms with Crippen LogP contribution in [0, 0.1) is 0 Å². The lowest BCUT2D eigenvalue weighted by molar-refractivity contribution is -0.123. The minimum absolute atomic E-state index is 0.180. The molecule has 0 aliphatic carbocycles. The molecular weight excluding hydrogens is 392 g/mol. The van der Waals surface area contributed by atoms with Crippen molar-refractivity contribution in [1.82, 2.24) is 14.2 Å². The van der Waals surface area contributed by atoms with Gasteiger partial charge in [-0.3, -0.25) is 4.79 Å². The molecule has 0 spiro atoms. The zero-order valence-electron chi connectivity index (χ0n) is 16.7. The highest BCUT2D eigenvalue weighted by atomic mass is 32.1. The van der Waals surface area contributed by atoms with E-state index in [2.05, 4.69) is 38.0 Å². The predicted molar refractivity (Wildman–Crippen MR) is 114 cm³/mol. The van der Waals surface area contributed by atoms with Crippen molar-refractivity contribution in [2.45, 2.75) is 13.8 Å². The molecule has 1 aromatic carbocycles. The van der Waals surface area contributed by atoms with Crippen molar-refractivity contribution in [3.05, 3.63) is 29.8 Å². The number of carbonyl (C=O) groups excluding carboxylic acids is 1. The predicted octanol–water partition coefficient (Wildman–Crippen LogP) is 1.75. The van der Waals surface area contributed by atoms with Gasteiger partial charge in [0.15, 0.2) is 6.61 Å². The average molecular weight is 419 g/mol. The summed E-state index contributed by atoms with van der Waals surface area (Å²) in [6, 6.07) is 8.02. The van der Waals surface area contributed by atoms with Gasteiger partial charge in [0.2, 0.25) is 5.82 Å². The van der Waals surface area contributed by atoms with E-state index >= 15 is 0 Å². The van der Waals surface area contributed by atoms with E-state index in [9.17, 15) is 4.79 Å². The molecule has 29 heavy (non-hydrogen) atoms. The Morgan fingerprint density at radius 2 is 2.00 bits per heavy atom. The van der Waals surface area contributed by atoms with Crippen LogP contribution in [0.4, 0.5) is 11.5 Å². The molecule has 1 aromatic heterocycles. The molecule has 9 nitrogen and oxygen atoms in total. The van der Waals surface area contributed by atoms with E-state index in [4.69, 9.17) is 9.47 Å². The Morgan fingerprint density at radius 1 is 1.28 bits per heavy atom. The third kappa shape index (κ3) is 5.88. The molecule has 0 atom stereocenters. The Balaban J connectivity index is 1.46. The van der Waals surface area contributed by atoms with Crippen LogP contribution >= 0.6 is 11.7 Å². The number of anilines is 2. The number of nitrogens with zero attached hydrogens (tertiary/aromatic N) is 5. The van der Waals surface area contributed by atoms with Crippen molar-refractivity contribution in [2.75, 3.05) is 55.8 Å². The first-order valence-electron chi connectivity index (χ1n) is 9.66. The maximum atomic E-state index is 12.0. The van der Waals surface area contributed by atoms with E-state index in [1.807, 2.05) is 29.2 Å². The average Bonchev–Trinajstić information content (AvgIpc) is 3.23. The summed E-state index contributed by atoms with van der Waals surface area (Å²) >= 11 is 1.06. The maximum absolute atomic E-state index is 12.0. The zero-order chi connectivity index (χ0) is 20.5. The van der Waals surface area contributed by atoms with E-state index in [1.54, 1.807) is 6.21 Å². The molecule has 2 heterocycles. The summed E-state index contributed by atoms with van der Waals surface area (Å²) < 4.78 is 19.3. The Kier molecular flexibility index (Phi) is 7.77. The number of ether oxygens (including phenoxy) is 2. The second kappa shape index (κ2) is 10.7. The van der Waals surface area contributed by atoms with Crippen molar-refractivity contribution in [2.24, 2.45) is 5.10 Å². The second-order valence-electron chi connectivity index (χ2n) is 6.34. The molecule has 3 rings (SSSR count). The highest BCUT2D eigenvalue weighted by Gasteiger charge is 2.20. The fourth-order valence-corrected chi connectivity index (χ4v) is 3.46. The first-order chi connectivity index (χ1) is 14.2. The summed E-state index contributed by atoms with van der Waals surface area (Å²) in [6.45, 7) is 8.73. The van der Waals surface area contributed by atoms with E-state index in [0.717, 1.165) is 49.2 Å². The smallest absolute Gasteiger partial charge is 0.278 e. The van der Waals surface area contributed by atoms with Crippen LogP contribution in [0.2, 0.25) is 0 Å². The van der Waals surface area contributed by atoms with Crippen LogP contribution in [0.3, 0.4) is 0 Å². The van der Waals surface area contributed by atoms with Gasteiger partial charge in [0, 0.05) is 31.9 Å². The SMILES string of the molecule is CCN(CC)c1ccc(C=NNC(=O)COc2nsnc2N2CCOCC2)cc1. The number of hydrazone groups is 1. The van der Waals surface area contributed by atoms with Crippen molar-refractivity contribution in [3.8, 4) is 5.88 Å². The lowest BCUT2D eigenvalue weighted by atomic mass is 10.2. The quantitative estimate of drug-likeness (QED) is 0.490. The van der Waals surface area contributed by atoms with Gasteiger partial charge >= 0.3 is 0 Å². The Hall–Kier alpha value is -2.72. The number of hydrogen-bond acceptors (Lipinski definition) is 9. The molecule has 0 radical (unpaired) electrons. The molecule has 156 valence electrons. The molecule has 1 aliphatic rings. The Morgan fingerprint density at radius 3 is 2.69 bits per heavy atom. The zero-order valence-corrected chi connectivity index (χ0v) is 17.5. The number of amides is 1.